The molecule has 0 aliphatic carbocycles. The minimum atomic E-state index is -0.393. The first-order valence-corrected chi connectivity index (χ1v) is 7.66. The van der Waals surface area contributed by atoms with Crippen molar-refractivity contribution < 1.29 is 19.1 Å². The molecule has 2 amide bonds. The number of hydrogen-bond acceptors (Lipinski definition) is 5. The van der Waals surface area contributed by atoms with Crippen LogP contribution < -0.4 is 25.8 Å². The van der Waals surface area contributed by atoms with Crippen LogP contribution in [0.5, 0.6) is 11.5 Å². The Hall–Kier alpha value is -1.80. The van der Waals surface area contributed by atoms with Gasteiger partial charge < -0.3 is 25.8 Å². The molecule has 1 rings (SSSR count). The highest BCUT2D eigenvalue weighted by atomic mass is 79.9. The second-order valence-electron chi connectivity index (χ2n) is 4.17. The fourth-order valence-electron chi connectivity index (χ4n) is 1.61. The second kappa shape index (κ2) is 9.26. The van der Waals surface area contributed by atoms with Gasteiger partial charge in [-0.1, -0.05) is 0 Å². The molecule has 0 unspecified atom stereocenters. The summed E-state index contributed by atoms with van der Waals surface area (Å²) in [6, 6.07) is 3.39. The van der Waals surface area contributed by atoms with Gasteiger partial charge in [-0.3, -0.25) is 9.59 Å². The van der Waals surface area contributed by atoms with Crippen molar-refractivity contribution in [3.05, 3.63) is 16.6 Å². The number of carbonyl (C=O) groups is 2. The van der Waals surface area contributed by atoms with E-state index >= 15 is 0 Å². The van der Waals surface area contributed by atoms with Crippen LogP contribution in [0.25, 0.3) is 0 Å². The summed E-state index contributed by atoms with van der Waals surface area (Å²) in [4.78, 5) is 22.8. The van der Waals surface area contributed by atoms with Crippen LogP contribution in [0.3, 0.4) is 0 Å². The highest BCUT2D eigenvalue weighted by molar-refractivity contribution is 9.10. The van der Waals surface area contributed by atoms with Crippen molar-refractivity contribution in [1.29, 1.82) is 0 Å². The molecule has 0 fully saturated rings. The van der Waals surface area contributed by atoms with E-state index in [0.29, 0.717) is 34.9 Å². The van der Waals surface area contributed by atoms with Crippen molar-refractivity contribution in [2.75, 3.05) is 31.6 Å². The van der Waals surface area contributed by atoms with E-state index in [1.807, 2.05) is 13.8 Å². The monoisotopic (exact) mass is 373 g/mol. The van der Waals surface area contributed by atoms with Crippen LogP contribution in [0, 0.1) is 0 Å². The van der Waals surface area contributed by atoms with Crippen LogP contribution in [0.15, 0.2) is 16.6 Å². The predicted molar refractivity (Wildman–Crippen MR) is 87.2 cm³/mol. The maximum atomic E-state index is 11.8. The van der Waals surface area contributed by atoms with Crippen LogP contribution >= 0.6 is 15.9 Å². The first kappa shape index (κ1) is 18.2. The molecule has 22 heavy (non-hydrogen) atoms. The summed E-state index contributed by atoms with van der Waals surface area (Å²) in [5, 5.41) is 5.08. The number of halogens is 1. The summed E-state index contributed by atoms with van der Waals surface area (Å²) in [6.45, 7) is 4.40. The van der Waals surface area contributed by atoms with Gasteiger partial charge in [0.2, 0.25) is 11.8 Å². The number of anilines is 1. The second-order valence-corrected chi connectivity index (χ2v) is 5.03. The third-order valence-corrected chi connectivity index (χ3v) is 3.19. The zero-order chi connectivity index (χ0) is 16.5. The summed E-state index contributed by atoms with van der Waals surface area (Å²) < 4.78 is 11.6. The lowest BCUT2D eigenvalue weighted by Gasteiger charge is -2.15. The fourth-order valence-corrected chi connectivity index (χ4v) is 2.03. The molecule has 0 aromatic heterocycles. The first-order valence-electron chi connectivity index (χ1n) is 6.87. The van der Waals surface area contributed by atoms with E-state index in [2.05, 4.69) is 26.6 Å². The highest BCUT2D eigenvalue weighted by Crippen LogP contribution is 2.36. The molecule has 0 saturated heterocycles. The maximum Gasteiger partial charge on any atom is 0.243 e. The average molecular weight is 374 g/mol. The molecule has 1 aromatic carbocycles. The summed E-state index contributed by atoms with van der Waals surface area (Å²) in [5.41, 5.74) is 5.68. The molecule has 1 aromatic rings. The van der Waals surface area contributed by atoms with Crippen LogP contribution in [-0.4, -0.2) is 38.1 Å². The Balaban J connectivity index is 2.83. The van der Waals surface area contributed by atoms with E-state index in [9.17, 15) is 9.59 Å². The van der Waals surface area contributed by atoms with E-state index in [-0.39, 0.29) is 19.0 Å². The molecular formula is C14H20BrN3O4. The van der Waals surface area contributed by atoms with Crippen molar-refractivity contribution >= 4 is 33.4 Å². The molecule has 8 heteroatoms. The molecule has 0 radical (unpaired) electrons. The van der Waals surface area contributed by atoms with Crippen LogP contribution in [0.2, 0.25) is 0 Å². The molecule has 0 bridgehead atoms. The van der Waals surface area contributed by atoms with Gasteiger partial charge in [-0.2, -0.15) is 0 Å². The number of amides is 2. The number of carbonyl (C=O) groups excluding carboxylic acids is 2. The van der Waals surface area contributed by atoms with Gasteiger partial charge in [0, 0.05) is 16.6 Å². The standard InChI is InChI=1S/C14H20BrN3O4/c1-3-21-11-5-9(15)10(6-12(11)22-4-2)18-14(20)8-17-13(19)7-16/h5-6H,3-4,7-8,16H2,1-2H3,(H,17,19)(H,18,20). The van der Waals surface area contributed by atoms with Crippen molar-refractivity contribution in [1.82, 2.24) is 5.32 Å². The zero-order valence-electron chi connectivity index (χ0n) is 12.6. The molecule has 0 spiro atoms. The Kier molecular flexibility index (Phi) is 7.69. The minimum absolute atomic E-state index is 0.153. The van der Waals surface area contributed by atoms with Gasteiger partial charge in [0.1, 0.15) is 0 Å². The van der Waals surface area contributed by atoms with Gasteiger partial charge in [-0.05, 0) is 29.8 Å². The quantitative estimate of drug-likeness (QED) is 0.636. The summed E-state index contributed by atoms with van der Waals surface area (Å²) >= 11 is 3.37. The van der Waals surface area contributed by atoms with E-state index in [1.165, 1.54) is 0 Å². The summed E-state index contributed by atoms with van der Waals surface area (Å²) in [7, 11) is 0. The molecule has 0 aliphatic rings. The SMILES string of the molecule is CCOc1cc(Br)c(NC(=O)CNC(=O)CN)cc1OCC. The van der Waals surface area contributed by atoms with Gasteiger partial charge >= 0.3 is 0 Å². The lowest BCUT2D eigenvalue weighted by Crippen LogP contribution is -2.36. The largest absolute Gasteiger partial charge is 0.490 e. The number of rotatable bonds is 8. The molecule has 4 N–H and O–H groups in total. The maximum absolute atomic E-state index is 11.8. The molecular weight excluding hydrogens is 354 g/mol. The Bertz CT molecular complexity index is 537. The summed E-state index contributed by atoms with van der Waals surface area (Å²) in [5.74, 6) is 0.365. The van der Waals surface area contributed by atoms with E-state index in [0.717, 1.165) is 0 Å². The fraction of sp³-hybridized carbons (Fsp3) is 0.429. The van der Waals surface area contributed by atoms with Gasteiger partial charge in [-0.25, -0.2) is 0 Å². The Labute approximate surface area is 137 Å². The normalized spacial score (nSPS) is 10.0. The molecule has 0 atom stereocenters. The summed E-state index contributed by atoms with van der Waals surface area (Å²) in [6.07, 6.45) is 0. The smallest absolute Gasteiger partial charge is 0.243 e. The lowest BCUT2D eigenvalue weighted by atomic mass is 10.2. The zero-order valence-corrected chi connectivity index (χ0v) is 14.2. The Morgan fingerprint density at radius 2 is 1.73 bits per heavy atom. The van der Waals surface area contributed by atoms with Crippen molar-refractivity contribution in [2.45, 2.75) is 13.8 Å². The van der Waals surface area contributed by atoms with Gasteiger partial charge in [0.25, 0.3) is 0 Å². The Morgan fingerprint density at radius 3 is 2.27 bits per heavy atom. The van der Waals surface area contributed by atoms with Gasteiger partial charge in [0.15, 0.2) is 11.5 Å². The van der Waals surface area contributed by atoms with E-state index in [4.69, 9.17) is 15.2 Å². The first-order chi connectivity index (χ1) is 10.5. The number of benzene rings is 1. The van der Waals surface area contributed by atoms with Crippen molar-refractivity contribution in [3.63, 3.8) is 0 Å². The van der Waals surface area contributed by atoms with Crippen LogP contribution in [0.4, 0.5) is 5.69 Å². The molecule has 7 nitrogen and oxygen atoms in total. The molecule has 0 aliphatic heterocycles. The average Bonchev–Trinajstić information content (AvgIpc) is 2.49. The highest BCUT2D eigenvalue weighted by Gasteiger charge is 2.13. The third-order valence-electron chi connectivity index (χ3n) is 2.54. The van der Waals surface area contributed by atoms with Crippen molar-refractivity contribution in [2.24, 2.45) is 5.73 Å². The van der Waals surface area contributed by atoms with Crippen LogP contribution in [0.1, 0.15) is 13.8 Å². The predicted octanol–water partition coefficient (Wildman–Crippen LogP) is 1.26. The molecule has 122 valence electrons. The number of hydrogen-bond donors (Lipinski definition) is 3. The van der Waals surface area contributed by atoms with Crippen molar-refractivity contribution in [3.8, 4) is 11.5 Å². The number of nitrogens with two attached hydrogens (primary N) is 1. The van der Waals surface area contributed by atoms with Gasteiger partial charge in [0.05, 0.1) is 32.0 Å². The topological polar surface area (TPSA) is 103 Å². The molecule has 0 saturated carbocycles. The van der Waals surface area contributed by atoms with E-state index < -0.39 is 5.91 Å². The van der Waals surface area contributed by atoms with Crippen LogP contribution in [-0.2, 0) is 9.59 Å². The minimum Gasteiger partial charge on any atom is -0.490 e. The van der Waals surface area contributed by atoms with Gasteiger partial charge in [-0.15, -0.1) is 0 Å². The Morgan fingerprint density at radius 1 is 1.14 bits per heavy atom. The number of nitrogens with one attached hydrogen (secondary N) is 2. The molecule has 0 heterocycles. The van der Waals surface area contributed by atoms with E-state index in [1.54, 1.807) is 12.1 Å². The number of ether oxygens (including phenoxy) is 2. The lowest BCUT2D eigenvalue weighted by molar-refractivity contribution is -0.123. The third kappa shape index (κ3) is 5.53.